The van der Waals surface area contributed by atoms with Crippen molar-refractivity contribution in [3.8, 4) is 22.4 Å². The SMILES string of the molecule is CCC1=CC2C=C(c3c(C)[nH]c(-c4ccc(F)cc4)c3-c3ccncc3)CCN2C1. The molecule has 0 aliphatic carbocycles. The number of aromatic amines is 1. The Morgan fingerprint density at radius 1 is 1.03 bits per heavy atom. The van der Waals surface area contributed by atoms with Gasteiger partial charge in [-0.15, -0.1) is 0 Å². The van der Waals surface area contributed by atoms with Crippen LogP contribution >= 0.6 is 0 Å². The normalized spacial score (nSPS) is 18.8. The number of nitrogens with one attached hydrogen (secondary N) is 1. The summed E-state index contributed by atoms with van der Waals surface area (Å²) in [6.45, 7) is 6.54. The Kier molecular flexibility index (Phi) is 4.87. The summed E-state index contributed by atoms with van der Waals surface area (Å²) < 4.78 is 13.5. The first-order valence-electron chi connectivity index (χ1n) is 10.7. The highest BCUT2D eigenvalue weighted by molar-refractivity contribution is 5.93. The summed E-state index contributed by atoms with van der Waals surface area (Å²) in [5.41, 5.74) is 9.68. The zero-order valence-electron chi connectivity index (χ0n) is 17.5. The second-order valence-electron chi connectivity index (χ2n) is 8.20. The first-order valence-corrected chi connectivity index (χ1v) is 10.7. The molecule has 0 bridgehead atoms. The standard InChI is InChI=1S/C26H26FN3/c1-3-18-14-23-15-21(10-13-30(23)16-18)24-17(2)29-26(20-4-6-22(27)7-5-20)25(24)19-8-11-28-12-9-19/h4-9,11-12,14-15,23,29H,3,10,13,16H2,1-2H3. The number of fused-ring (bicyclic) bond motifs is 1. The van der Waals surface area contributed by atoms with E-state index in [1.54, 1.807) is 0 Å². The van der Waals surface area contributed by atoms with Crippen LogP contribution in [0.3, 0.4) is 0 Å². The number of halogens is 1. The third-order valence-corrected chi connectivity index (χ3v) is 6.34. The highest BCUT2D eigenvalue weighted by Gasteiger charge is 2.29. The zero-order chi connectivity index (χ0) is 20.7. The highest BCUT2D eigenvalue weighted by Crippen LogP contribution is 2.42. The van der Waals surface area contributed by atoms with Crippen LogP contribution in [0.1, 0.15) is 31.0 Å². The summed E-state index contributed by atoms with van der Waals surface area (Å²) in [4.78, 5) is 10.4. The lowest BCUT2D eigenvalue weighted by molar-refractivity contribution is 0.300. The molecule has 0 fully saturated rings. The Hall–Kier alpha value is -2.98. The molecule has 0 radical (unpaired) electrons. The van der Waals surface area contributed by atoms with Crippen molar-refractivity contribution in [2.75, 3.05) is 13.1 Å². The van der Waals surface area contributed by atoms with Gasteiger partial charge in [-0.1, -0.05) is 24.6 Å². The molecule has 1 N–H and O–H groups in total. The Balaban J connectivity index is 1.67. The summed E-state index contributed by atoms with van der Waals surface area (Å²) in [5, 5.41) is 0. The lowest BCUT2D eigenvalue weighted by Gasteiger charge is -2.29. The fraction of sp³-hybridized carbons (Fsp3) is 0.269. The second-order valence-corrected chi connectivity index (χ2v) is 8.20. The van der Waals surface area contributed by atoms with Crippen molar-refractivity contribution in [3.63, 3.8) is 0 Å². The topological polar surface area (TPSA) is 31.9 Å². The van der Waals surface area contributed by atoms with Crippen LogP contribution in [0.2, 0.25) is 0 Å². The number of pyridine rings is 1. The molecule has 152 valence electrons. The fourth-order valence-electron chi connectivity index (χ4n) is 4.81. The first-order chi connectivity index (χ1) is 14.6. The largest absolute Gasteiger partial charge is 0.358 e. The van der Waals surface area contributed by atoms with Gasteiger partial charge < -0.3 is 4.98 Å². The van der Waals surface area contributed by atoms with Gasteiger partial charge in [-0.05, 0) is 72.9 Å². The van der Waals surface area contributed by atoms with Gasteiger partial charge in [0.15, 0.2) is 0 Å². The van der Waals surface area contributed by atoms with Crippen LogP contribution in [0.15, 0.2) is 66.5 Å². The number of aryl methyl sites for hydroxylation is 1. The summed E-state index contributed by atoms with van der Waals surface area (Å²) in [5.74, 6) is -0.220. The van der Waals surface area contributed by atoms with E-state index in [0.717, 1.165) is 48.4 Å². The van der Waals surface area contributed by atoms with E-state index >= 15 is 0 Å². The Bertz CT molecular complexity index is 1120. The Morgan fingerprint density at radius 2 is 1.80 bits per heavy atom. The van der Waals surface area contributed by atoms with Gasteiger partial charge in [0.25, 0.3) is 0 Å². The van der Waals surface area contributed by atoms with Gasteiger partial charge in [0, 0.05) is 48.3 Å². The number of hydrogen-bond acceptors (Lipinski definition) is 2. The molecule has 4 heterocycles. The summed E-state index contributed by atoms with van der Waals surface area (Å²) in [7, 11) is 0. The van der Waals surface area contributed by atoms with Crippen molar-refractivity contribution < 1.29 is 4.39 Å². The van der Waals surface area contributed by atoms with Gasteiger partial charge in [0.05, 0.1) is 5.69 Å². The second kappa shape index (κ2) is 7.69. The predicted octanol–water partition coefficient (Wildman–Crippen LogP) is 6.00. The van der Waals surface area contributed by atoms with Crippen LogP contribution in [0.5, 0.6) is 0 Å². The maximum Gasteiger partial charge on any atom is 0.123 e. The van der Waals surface area contributed by atoms with E-state index < -0.39 is 0 Å². The molecule has 4 heteroatoms. The van der Waals surface area contributed by atoms with E-state index in [2.05, 4.69) is 53.0 Å². The number of aromatic nitrogens is 2. The van der Waals surface area contributed by atoms with Crippen molar-refractivity contribution in [2.45, 2.75) is 32.7 Å². The van der Waals surface area contributed by atoms with Gasteiger partial charge >= 0.3 is 0 Å². The van der Waals surface area contributed by atoms with E-state index in [9.17, 15) is 4.39 Å². The van der Waals surface area contributed by atoms with Crippen molar-refractivity contribution in [1.29, 1.82) is 0 Å². The van der Waals surface area contributed by atoms with E-state index in [0.29, 0.717) is 6.04 Å². The molecule has 0 amide bonds. The zero-order valence-corrected chi connectivity index (χ0v) is 17.5. The quantitative estimate of drug-likeness (QED) is 0.546. The highest BCUT2D eigenvalue weighted by atomic mass is 19.1. The van der Waals surface area contributed by atoms with Gasteiger partial charge in [0.1, 0.15) is 5.82 Å². The average molecular weight is 400 g/mol. The molecular formula is C26H26FN3. The summed E-state index contributed by atoms with van der Waals surface area (Å²) >= 11 is 0. The van der Waals surface area contributed by atoms with Crippen LogP contribution in [-0.4, -0.2) is 34.0 Å². The molecule has 2 aliphatic rings. The molecule has 3 nitrogen and oxygen atoms in total. The molecule has 0 spiro atoms. The third-order valence-electron chi connectivity index (χ3n) is 6.34. The molecule has 30 heavy (non-hydrogen) atoms. The van der Waals surface area contributed by atoms with Gasteiger partial charge in [0.2, 0.25) is 0 Å². The number of rotatable bonds is 4. The van der Waals surface area contributed by atoms with Crippen LogP contribution < -0.4 is 0 Å². The van der Waals surface area contributed by atoms with Crippen LogP contribution in [0, 0.1) is 12.7 Å². The maximum absolute atomic E-state index is 13.5. The van der Waals surface area contributed by atoms with E-state index in [1.165, 1.54) is 34.4 Å². The molecule has 2 aliphatic heterocycles. The van der Waals surface area contributed by atoms with E-state index in [4.69, 9.17) is 0 Å². The fourth-order valence-corrected chi connectivity index (χ4v) is 4.81. The van der Waals surface area contributed by atoms with Crippen molar-refractivity contribution in [3.05, 3.63) is 83.6 Å². The molecule has 1 atom stereocenters. The van der Waals surface area contributed by atoms with E-state index in [1.807, 2.05) is 24.5 Å². The van der Waals surface area contributed by atoms with Crippen LogP contribution in [0.25, 0.3) is 28.0 Å². The third kappa shape index (κ3) is 3.31. The van der Waals surface area contributed by atoms with Crippen LogP contribution in [0.4, 0.5) is 4.39 Å². The van der Waals surface area contributed by atoms with Crippen molar-refractivity contribution >= 4 is 5.57 Å². The molecule has 2 aromatic heterocycles. The summed E-state index contributed by atoms with van der Waals surface area (Å²) in [6.07, 6.45) is 10.7. The number of benzene rings is 1. The molecule has 0 saturated carbocycles. The molecule has 5 rings (SSSR count). The minimum absolute atomic E-state index is 0.220. The minimum Gasteiger partial charge on any atom is -0.358 e. The smallest absolute Gasteiger partial charge is 0.123 e. The first kappa shape index (κ1) is 19.0. The molecule has 1 unspecified atom stereocenters. The number of hydrogen-bond donors (Lipinski definition) is 1. The molecular weight excluding hydrogens is 373 g/mol. The lowest BCUT2D eigenvalue weighted by Crippen LogP contribution is -2.33. The maximum atomic E-state index is 13.5. The number of nitrogens with zero attached hydrogens (tertiary/aromatic N) is 2. The van der Waals surface area contributed by atoms with Crippen molar-refractivity contribution in [1.82, 2.24) is 14.9 Å². The van der Waals surface area contributed by atoms with Crippen molar-refractivity contribution in [2.24, 2.45) is 0 Å². The Labute approximate surface area is 177 Å². The van der Waals surface area contributed by atoms with Gasteiger partial charge in [-0.3, -0.25) is 9.88 Å². The molecule has 0 saturated heterocycles. The summed E-state index contributed by atoms with van der Waals surface area (Å²) in [6, 6.07) is 11.2. The average Bonchev–Trinajstić information content (AvgIpc) is 3.34. The predicted molar refractivity (Wildman–Crippen MR) is 120 cm³/mol. The van der Waals surface area contributed by atoms with E-state index in [-0.39, 0.29) is 5.82 Å². The Morgan fingerprint density at radius 3 is 2.53 bits per heavy atom. The lowest BCUT2D eigenvalue weighted by atomic mass is 9.89. The van der Waals surface area contributed by atoms with Crippen LogP contribution in [-0.2, 0) is 0 Å². The number of H-pyrrole nitrogens is 1. The van der Waals surface area contributed by atoms with Gasteiger partial charge in [-0.2, -0.15) is 0 Å². The molecule has 3 aromatic rings. The minimum atomic E-state index is -0.220. The molecule has 1 aromatic carbocycles. The van der Waals surface area contributed by atoms with Gasteiger partial charge in [-0.25, -0.2) is 4.39 Å². The monoisotopic (exact) mass is 399 g/mol.